The Balaban J connectivity index is 2.40. The van der Waals surface area contributed by atoms with E-state index >= 15 is 0 Å². The lowest BCUT2D eigenvalue weighted by atomic mass is 10.1. The van der Waals surface area contributed by atoms with Crippen LogP contribution < -0.4 is 5.32 Å². The molecular weight excluding hydrogens is 208 g/mol. The second-order valence-corrected chi connectivity index (χ2v) is 5.70. The first kappa shape index (κ1) is 12.8. The maximum Gasteiger partial charge on any atom is 0.239 e. The molecule has 1 saturated heterocycles. The molecule has 1 N–H and O–H groups in total. The molecule has 0 aromatic rings. The van der Waals surface area contributed by atoms with Crippen LogP contribution in [0.1, 0.15) is 27.2 Å². The topological polar surface area (TPSA) is 32.3 Å². The Morgan fingerprint density at radius 3 is 2.80 bits per heavy atom. The second kappa shape index (κ2) is 5.75. The number of amides is 1. The van der Waals surface area contributed by atoms with Gasteiger partial charge in [0.1, 0.15) is 0 Å². The standard InChI is InChI=1S/C11H22N2OS/c1-5-13(4)11(14)8(2)12-10-6-7-15-9(10)3/h8-10,12H,5-7H2,1-4H3. The molecule has 3 unspecified atom stereocenters. The molecule has 1 heterocycles. The van der Waals surface area contributed by atoms with Gasteiger partial charge in [0.25, 0.3) is 0 Å². The highest BCUT2D eigenvalue weighted by atomic mass is 32.2. The van der Waals surface area contributed by atoms with E-state index in [1.54, 1.807) is 4.90 Å². The molecule has 1 aliphatic rings. The van der Waals surface area contributed by atoms with Crippen molar-refractivity contribution in [3.63, 3.8) is 0 Å². The van der Waals surface area contributed by atoms with Crippen LogP contribution in [0.25, 0.3) is 0 Å². The average molecular weight is 230 g/mol. The number of rotatable bonds is 4. The van der Waals surface area contributed by atoms with Crippen molar-refractivity contribution in [3.05, 3.63) is 0 Å². The summed E-state index contributed by atoms with van der Waals surface area (Å²) in [5.74, 6) is 1.41. The monoisotopic (exact) mass is 230 g/mol. The minimum Gasteiger partial charge on any atom is -0.345 e. The van der Waals surface area contributed by atoms with Crippen LogP contribution in [-0.2, 0) is 4.79 Å². The van der Waals surface area contributed by atoms with Gasteiger partial charge in [-0.25, -0.2) is 0 Å². The summed E-state index contributed by atoms with van der Waals surface area (Å²) in [4.78, 5) is 13.6. The van der Waals surface area contributed by atoms with Crippen molar-refractivity contribution in [2.45, 2.75) is 44.5 Å². The highest BCUT2D eigenvalue weighted by Crippen LogP contribution is 2.26. The highest BCUT2D eigenvalue weighted by Gasteiger charge is 2.27. The Morgan fingerprint density at radius 2 is 2.33 bits per heavy atom. The molecule has 1 amide bonds. The van der Waals surface area contributed by atoms with Crippen molar-refractivity contribution in [1.82, 2.24) is 10.2 Å². The third-order valence-corrected chi connectivity index (χ3v) is 4.39. The van der Waals surface area contributed by atoms with Gasteiger partial charge < -0.3 is 10.2 Å². The summed E-state index contributed by atoms with van der Waals surface area (Å²) in [6, 6.07) is 0.445. The van der Waals surface area contributed by atoms with Gasteiger partial charge in [0.05, 0.1) is 6.04 Å². The van der Waals surface area contributed by atoms with Gasteiger partial charge in [-0.05, 0) is 26.0 Å². The van der Waals surface area contributed by atoms with E-state index in [0.29, 0.717) is 11.3 Å². The largest absolute Gasteiger partial charge is 0.345 e. The number of carbonyl (C=O) groups excluding carboxylic acids is 1. The fourth-order valence-electron chi connectivity index (χ4n) is 1.83. The summed E-state index contributed by atoms with van der Waals surface area (Å²) in [6.07, 6.45) is 1.18. The van der Waals surface area contributed by atoms with Gasteiger partial charge in [-0.3, -0.25) is 4.79 Å². The molecule has 1 fully saturated rings. The van der Waals surface area contributed by atoms with Gasteiger partial charge in [-0.1, -0.05) is 6.92 Å². The Kier molecular flexibility index (Phi) is 4.93. The average Bonchev–Trinajstić information content (AvgIpc) is 2.62. The highest BCUT2D eigenvalue weighted by molar-refractivity contribution is 8.00. The van der Waals surface area contributed by atoms with Crippen LogP contribution in [-0.4, -0.2) is 47.5 Å². The number of nitrogens with zero attached hydrogens (tertiary/aromatic N) is 1. The molecule has 88 valence electrons. The molecule has 0 radical (unpaired) electrons. The molecular formula is C11H22N2OS. The normalized spacial score (nSPS) is 27.7. The van der Waals surface area contributed by atoms with Crippen molar-refractivity contribution in [2.75, 3.05) is 19.3 Å². The Labute approximate surface area is 97.0 Å². The zero-order valence-electron chi connectivity index (χ0n) is 10.1. The molecule has 0 aromatic heterocycles. The van der Waals surface area contributed by atoms with E-state index in [1.165, 1.54) is 12.2 Å². The van der Waals surface area contributed by atoms with Crippen LogP contribution in [0.3, 0.4) is 0 Å². The first-order valence-electron chi connectivity index (χ1n) is 5.68. The van der Waals surface area contributed by atoms with Crippen molar-refractivity contribution in [1.29, 1.82) is 0 Å². The Hall–Kier alpha value is -0.220. The van der Waals surface area contributed by atoms with E-state index < -0.39 is 0 Å². The SMILES string of the molecule is CCN(C)C(=O)C(C)NC1CCSC1C. The predicted molar refractivity (Wildman–Crippen MR) is 66.2 cm³/mol. The molecule has 4 heteroatoms. The van der Waals surface area contributed by atoms with Crippen molar-refractivity contribution >= 4 is 17.7 Å². The lowest BCUT2D eigenvalue weighted by Crippen LogP contribution is -2.48. The molecule has 3 nitrogen and oxygen atoms in total. The lowest BCUT2D eigenvalue weighted by molar-refractivity contribution is -0.131. The third-order valence-electron chi connectivity index (χ3n) is 3.06. The molecule has 0 spiro atoms. The third kappa shape index (κ3) is 3.38. The van der Waals surface area contributed by atoms with Gasteiger partial charge >= 0.3 is 0 Å². The number of nitrogens with one attached hydrogen (secondary N) is 1. The van der Waals surface area contributed by atoms with E-state index in [0.717, 1.165) is 6.54 Å². The number of hydrogen-bond acceptors (Lipinski definition) is 3. The zero-order chi connectivity index (χ0) is 11.4. The van der Waals surface area contributed by atoms with Crippen molar-refractivity contribution in [2.24, 2.45) is 0 Å². The summed E-state index contributed by atoms with van der Waals surface area (Å²) >= 11 is 1.99. The smallest absolute Gasteiger partial charge is 0.239 e. The van der Waals surface area contributed by atoms with Crippen LogP contribution >= 0.6 is 11.8 Å². The predicted octanol–water partition coefficient (Wildman–Crippen LogP) is 1.34. The maximum atomic E-state index is 11.8. The van der Waals surface area contributed by atoms with E-state index in [9.17, 15) is 4.79 Å². The summed E-state index contributed by atoms with van der Waals surface area (Å²) in [7, 11) is 1.85. The molecule has 0 aromatic carbocycles. The van der Waals surface area contributed by atoms with Gasteiger partial charge in [-0.15, -0.1) is 0 Å². The molecule has 1 rings (SSSR count). The Morgan fingerprint density at radius 1 is 1.67 bits per heavy atom. The van der Waals surface area contributed by atoms with Gasteiger partial charge in [0.15, 0.2) is 0 Å². The minimum absolute atomic E-state index is 0.0545. The van der Waals surface area contributed by atoms with Crippen molar-refractivity contribution in [3.8, 4) is 0 Å². The van der Waals surface area contributed by atoms with Crippen LogP contribution in [0, 0.1) is 0 Å². The summed E-state index contributed by atoms with van der Waals surface area (Å²) in [6.45, 7) is 6.97. The molecule has 15 heavy (non-hydrogen) atoms. The molecule has 3 atom stereocenters. The summed E-state index contributed by atoms with van der Waals surface area (Å²) in [5.41, 5.74) is 0. The van der Waals surface area contributed by atoms with Crippen molar-refractivity contribution < 1.29 is 4.79 Å². The molecule has 0 bridgehead atoms. The number of hydrogen-bond donors (Lipinski definition) is 1. The van der Waals surface area contributed by atoms with Gasteiger partial charge in [0, 0.05) is 24.9 Å². The van der Waals surface area contributed by atoms with E-state index in [4.69, 9.17) is 0 Å². The number of likely N-dealkylation sites (N-methyl/N-ethyl adjacent to an activating group) is 1. The van der Waals surface area contributed by atoms with Crippen LogP contribution in [0.2, 0.25) is 0 Å². The molecule has 0 aliphatic carbocycles. The number of carbonyl (C=O) groups is 1. The van der Waals surface area contributed by atoms with Crippen LogP contribution in [0.4, 0.5) is 0 Å². The minimum atomic E-state index is -0.0545. The van der Waals surface area contributed by atoms with E-state index in [2.05, 4.69) is 12.2 Å². The molecule has 0 saturated carbocycles. The fraction of sp³-hybridized carbons (Fsp3) is 0.909. The second-order valence-electron chi connectivity index (χ2n) is 4.21. The maximum absolute atomic E-state index is 11.8. The number of thioether (sulfide) groups is 1. The summed E-state index contributed by atoms with van der Waals surface area (Å²) < 4.78 is 0. The Bertz CT molecular complexity index is 223. The van der Waals surface area contributed by atoms with Crippen LogP contribution in [0.5, 0.6) is 0 Å². The summed E-state index contributed by atoms with van der Waals surface area (Å²) in [5, 5.41) is 4.06. The quantitative estimate of drug-likeness (QED) is 0.791. The first-order chi connectivity index (χ1) is 7.06. The van der Waals surface area contributed by atoms with E-state index in [-0.39, 0.29) is 11.9 Å². The zero-order valence-corrected chi connectivity index (χ0v) is 10.9. The first-order valence-corrected chi connectivity index (χ1v) is 6.73. The van der Waals surface area contributed by atoms with Gasteiger partial charge in [-0.2, -0.15) is 11.8 Å². The fourth-order valence-corrected chi connectivity index (χ4v) is 3.04. The lowest BCUT2D eigenvalue weighted by Gasteiger charge is -2.25. The van der Waals surface area contributed by atoms with Crippen LogP contribution in [0.15, 0.2) is 0 Å². The molecule has 1 aliphatic heterocycles. The van der Waals surface area contributed by atoms with E-state index in [1.807, 2.05) is 32.7 Å². The van der Waals surface area contributed by atoms with Gasteiger partial charge in [0.2, 0.25) is 5.91 Å².